The summed E-state index contributed by atoms with van der Waals surface area (Å²) in [5.41, 5.74) is 6.26. The lowest BCUT2D eigenvalue weighted by Gasteiger charge is -2.41. The third kappa shape index (κ3) is 3.32. The summed E-state index contributed by atoms with van der Waals surface area (Å²) in [4.78, 5) is 0. The molecule has 0 aromatic rings. The number of ether oxygens (including phenoxy) is 1. The zero-order chi connectivity index (χ0) is 13.3. The van der Waals surface area contributed by atoms with Gasteiger partial charge in [-0.05, 0) is 75.7 Å². The first-order valence-electron chi connectivity index (χ1n) is 8.24. The van der Waals surface area contributed by atoms with Gasteiger partial charge in [0.25, 0.3) is 0 Å². The summed E-state index contributed by atoms with van der Waals surface area (Å²) in [7, 11) is 1.84. The molecule has 0 spiro atoms. The van der Waals surface area contributed by atoms with E-state index < -0.39 is 0 Å². The van der Waals surface area contributed by atoms with Crippen LogP contribution in [0.25, 0.3) is 0 Å². The predicted molar refractivity (Wildman–Crippen MR) is 78.0 cm³/mol. The highest BCUT2D eigenvalue weighted by molar-refractivity contribution is 4.98. The van der Waals surface area contributed by atoms with Crippen molar-refractivity contribution in [2.45, 2.75) is 63.0 Å². The van der Waals surface area contributed by atoms with E-state index in [1.54, 1.807) is 0 Å². The van der Waals surface area contributed by atoms with Gasteiger partial charge in [-0.25, -0.2) is 0 Å². The molecule has 0 amide bonds. The second kappa shape index (κ2) is 5.71. The summed E-state index contributed by atoms with van der Waals surface area (Å²) >= 11 is 0. The molecule has 0 aliphatic heterocycles. The summed E-state index contributed by atoms with van der Waals surface area (Å²) in [6, 6.07) is 0. The molecule has 0 aromatic heterocycles. The Morgan fingerprint density at radius 1 is 1.21 bits per heavy atom. The number of methoxy groups -OCH3 is 1. The molecule has 110 valence electrons. The molecule has 0 bridgehead atoms. The van der Waals surface area contributed by atoms with Crippen LogP contribution in [0.2, 0.25) is 0 Å². The second-order valence-corrected chi connectivity index (χ2v) is 7.16. The first-order chi connectivity index (χ1) is 9.26. The minimum Gasteiger partial charge on any atom is -0.381 e. The number of rotatable bonds is 7. The van der Waals surface area contributed by atoms with Crippen molar-refractivity contribution in [1.29, 1.82) is 0 Å². The molecule has 3 aliphatic carbocycles. The fraction of sp³-hybridized carbons (Fsp3) is 1.00. The average Bonchev–Trinajstić information content (AvgIpc) is 3.32. The van der Waals surface area contributed by atoms with Crippen LogP contribution in [0, 0.1) is 17.8 Å². The molecule has 3 aliphatic rings. The highest BCUT2D eigenvalue weighted by Gasteiger charge is 2.43. The molecule has 0 aromatic carbocycles. The Bertz CT molecular complexity index is 289. The first-order valence-corrected chi connectivity index (χ1v) is 8.24. The van der Waals surface area contributed by atoms with E-state index in [-0.39, 0.29) is 5.54 Å². The Hall–Kier alpha value is -0.120. The van der Waals surface area contributed by atoms with Gasteiger partial charge in [-0.3, -0.25) is 0 Å². The van der Waals surface area contributed by atoms with Gasteiger partial charge in [0, 0.05) is 19.2 Å². The molecule has 3 N–H and O–H groups in total. The second-order valence-electron chi connectivity index (χ2n) is 7.16. The minimum atomic E-state index is 0.154. The Balaban J connectivity index is 1.55. The summed E-state index contributed by atoms with van der Waals surface area (Å²) in [6.45, 7) is 1.96. The molecular formula is C16H30N2O. The van der Waals surface area contributed by atoms with Gasteiger partial charge >= 0.3 is 0 Å². The molecule has 0 radical (unpaired) electrons. The molecular weight excluding hydrogens is 236 g/mol. The van der Waals surface area contributed by atoms with Crippen LogP contribution in [0.15, 0.2) is 0 Å². The van der Waals surface area contributed by atoms with E-state index in [1.165, 1.54) is 51.5 Å². The van der Waals surface area contributed by atoms with Crippen LogP contribution >= 0.6 is 0 Å². The molecule has 0 saturated heterocycles. The van der Waals surface area contributed by atoms with Crippen LogP contribution in [0.3, 0.4) is 0 Å². The predicted octanol–water partition coefficient (Wildman–Crippen LogP) is 2.30. The van der Waals surface area contributed by atoms with Crippen molar-refractivity contribution in [3.63, 3.8) is 0 Å². The minimum absolute atomic E-state index is 0.154. The number of hydrogen-bond donors (Lipinski definition) is 2. The first kappa shape index (κ1) is 13.8. The molecule has 0 heterocycles. The van der Waals surface area contributed by atoms with E-state index in [2.05, 4.69) is 5.32 Å². The van der Waals surface area contributed by atoms with E-state index in [9.17, 15) is 0 Å². The smallest absolute Gasteiger partial charge is 0.0589 e. The molecule has 3 heteroatoms. The van der Waals surface area contributed by atoms with Crippen molar-refractivity contribution >= 4 is 0 Å². The maximum absolute atomic E-state index is 6.11. The SMILES string of the molecule is COC1CCCC(CN)(NCC(C2CC2)C2CC2)C1. The normalized spacial score (nSPS) is 35.8. The van der Waals surface area contributed by atoms with Crippen molar-refractivity contribution in [2.75, 3.05) is 20.2 Å². The van der Waals surface area contributed by atoms with E-state index in [4.69, 9.17) is 10.5 Å². The van der Waals surface area contributed by atoms with Crippen molar-refractivity contribution in [1.82, 2.24) is 5.32 Å². The van der Waals surface area contributed by atoms with Crippen molar-refractivity contribution in [2.24, 2.45) is 23.5 Å². The molecule has 2 atom stereocenters. The van der Waals surface area contributed by atoms with E-state index in [0.29, 0.717) is 6.10 Å². The number of nitrogens with one attached hydrogen (secondary N) is 1. The van der Waals surface area contributed by atoms with Crippen molar-refractivity contribution < 1.29 is 4.74 Å². The molecule has 3 nitrogen and oxygen atoms in total. The Labute approximate surface area is 117 Å². The summed E-state index contributed by atoms with van der Waals surface area (Å²) in [5.74, 6) is 2.99. The molecule has 3 fully saturated rings. The summed E-state index contributed by atoms with van der Waals surface area (Å²) in [5, 5.41) is 3.89. The van der Waals surface area contributed by atoms with Gasteiger partial charge in [-0.2, -0.15) is 0 Å². The Morgan fingerprint density at radius 2 is 1.89 bits per heavy atom. The van der Waals surface area contributed by atoms with Gasteiger partial charge in [-0.1, -0.05) is 0 Å². The van der Waals surface area contributed by atoms with E-state index in [1.807, 2.05) is 7.11 Å². The molecule has 2 unspecified atom stereocenters. The third-order valence-electron chi connectivity index (χ3n) is 5.69. The van der Waals surface area contributed by atoms with Crippen LogP contribution in [0.4, 0.5) is 0 Å². The maximum atomic E-state index is 6.11. The molecule has 19 heavy (non-hydrogen) atoms. The van der Waals surface area contributed by atoms with Crippen LogP contribution in [0.1, 0.15) is 51.4 Å². The average molecular weight is 266 g/mol. The fourth-order valence-electron chi connectivity index (χ4n) is 4.03. The van der Waals surface area contributed by atoms with Crippen LogP contribution in [0.5, 0.6) is 0 Å². The van der Waals surface area contributed by atoms with Gasteiger partial charge in [-0.15, -0.1) is 0 Å². The van der Waals surface area contributed by atoms with Crippen LogP contribution < -0.4 is 11.1 Å². The van der Waals surface area contributed by atoms with Crippen molar-refractivity contribution in [3.8, 4) is 0 Å². The summed E-state index contributed by atoms with van der Waals surface area (Å²) in [6.07, 6.45) is 11.1. The van der Waals surface area contributed by atoms with Gasteiger partial charge < -0.3 is 15.8 Å². The lowest BCUT2D eigenvalue weighted by molar-refractivity contribution is 0.0311. The summed E-state index contributed by atoms with van der Waals surface area (Å²) < 4.78 is 5.58. The highest BCUT2D eigenvalue weighted by Crippen LogP contribution is 2.49. The lowest BCUT2D eigenvalue weighted by atomic mass is 9.79. The maximum Gasteiger partial charge on any atom is 0.0589 e. The van der Waals surface area contributed by atoms with Gasteiger partial charge in [0.15, 0.2) is 0 Å². The Kier molecular flexibility index (Phi) is 4.16. The van der Waals surface area contributed by atoms with Gasteiger partial charge in [0.2, 0.25) is 0 Å². The third-order valence-corrected chi connectivity index (χ3v) is 5.69. The lowest BCUT2D eigenvalue weighted by Crippen LogP contribution is -2.56. The van der Waals surface area contributed by atoms with E-state index in [0.717, 1.165) is 30.7 Å². The fourth-order valence-corrected chi connectivity index (χ4v) is 4.03. The molecule has 3 saturated carbocycles. The van der Waals surface area contributed by atoms with E-state index >= 15 is 0 Å². The molecule has 3 rings (SSSR count). The van der Waals surface area contributed by atoms with Crippen molar-refractivity contribution in [3.05, 3.63) is 0 Å². The Morgan fingerprint density at radius 3 is 2.42 bits per heavy atom. The number of hydrogen-bond acceptors (Lipinski definition) is 3. The topological polar surface area (TPSA) is 47.3 Å². The monoisotopic (exact) mass is 266 g/mol. The quantitative estimate of drug-likeness (QED) is 0.743. The largest absolute Gasteiger partial charge is 0.381 e. The zero-order valence-electron chi connectivity index (χ0n) is 12.4. The van der Waals surface area contributed by atoms with Gasteiger partial charge in [0.1, 0.15) is 0 Å². The zero-order valence-corrected chi connectivity index (χ0v) is 12.4. The standard InChI is InChI=1S/C16H30N2O/c1-19-14-3-2-8-16(9-14,11-17)18-10-15(12-4-5-12)13-6-7-13/h12-15,18H,2-11,17H2,1H3. The highest BCUT2D eigenvalue weighted by atomic mass is 16.5. The van der Waals surface area contributed by atoms with Crippen LogP contribution in [-0.4, -0.2) is 31.8 Å². The van der Waals surface area contributed by atoms with Crippen LogP contribution in [-0.2, 0) is 4.74 Å². The number of nitrogens with two attached hydrogens (primary N) is 1. The van der Waals surface area contributed by atoms with Gasteiger partial charge in [0.05, 0.1) is 6.10 Å².